The molecule has 0 radical (unpaired) electrons. The molecule has 1 heterocycles. The van der Waals surface area contributed by atoms with Gasteiger partial charge in [0, 0.05) is 25.0 Å². The van der Waals surface area contributed by atoms with E-state index in [0.29, 0.717) is 0 Å². The van der Waals surface area contributed by atoms with Crippen LogP contribution in [0.2, 0.25) is 0 Å². The van der Waals surface area contributed by atoms with Crippen molar-refractivity contribution < 1.29 is 0 Å². The van der Waals surface area contributed by atoms with E-state index in [1.807, 2.05) is 6.20 Å². The van der Waals surface area contributed by atoms with Crippen LogP contribution in [0.1, 0.15) is 6.92 Å². The van der Waals surface area contributed by atoms with Crippen molar-refractivity contribution in [3.63, 3.8) is 0 Å². The van der Waals surface area contributed by atoms with Gasteiger partial charge < -0.3 is 10.6 Å². The van der Waals surface area contributed by atoms with Gasteiger partial charge in [0.1, 0.15) is 0 Å². The second-order valence-electron chi connectivity index (χ2n) is 1.94. The van der Waals surface area contributed by atoms with Gasteiger partial charge in [-0.15, -0.1) is 0 Å². The van der Waals surface area contributed by atoms with Gasteiger partial charge in [0.2, 0.25) is 0 Å². The van der Waals surface area contributed by atoms with Gasteiger partial charge in [-0.1, -0.05) is 6.08 Å². The van der Waals surface area contributed by atoms with Crippen LogP contribution in [0.25, 0.3) is 0 Å². The van der Waals surface area contributed by atoms with E-state index in [9.17, 15) is 0 Å². The van der Waals surface area contributed by atoms with E-state index in [-0.39, 0.29) is 0 Å². The summed E-state index contributed by atoms with van der Waals surface area (Å²) in [4.78, 5) is 0. The molecule has 2 N–H and O–H groups in total. The molecule has 0 saturated heterocycles. The first-order valence-electron chi connectivity index (χ1n) is 3.27. The molecular weight excluding hydrogens is 112 g/mol. The van der Waals surface area contributed by atoms with E-state index < -0.39 is 0 Å². The van der Waals surface area contributed by atoms with Gasteiger partial charge >= 0.3 is 0 Å². The first-order chi connectivity index (χ1) is 4.43. The summed E-state index contributed by atoms with van der Waals surface area (Å²) >= 11 is 0. The van der Waals surface area contributed by atoms with Gasteiger partial charge in [-0.2, -0.15) is 0 Å². The highest BCUT2D eigenvalue weighted by Crippen LogP contribution is 1.92. The monoisotopic (exact) mass is 124 g/mol. The number of likely N-dealkylation sites (N-methyl/N-ethyl adjacent to an activating group) is 1. The fraction of sp³-hybridized carbons (Fsp3) is 0.429. The molecule has 9 heavy (non-hydrogen) atoms. The minimum absolute atomic E-state index is 0.953. The Balaban J connectivity index is 2.38. The Kier molecular flexibility index (Phi) is 2.19. The highest BCUT2D eigenvalue weighted by Gasteiger charge is 1.90. The van der Waals surface area contributed by atoms with E-state index in [1.54, 1.807) is 0 Å². The summed E-state index contributed by atoms with van der Waals surface area (Å²) in [6.45, 7) is 4.02. The van der Waals surface area contributed by atoms with Crippen molar-refractivity contribution in [2.24, 2.45) is 0 Å². The smallest absolute Gasteiger partial charge is 0.0497 e. The highest BCUT2D eigenvalue weighted by molar-refractivity contribution is 5.19. The average molecular weight is 124 g/mol. The zero-order chi connectivity index (χ0) is 6.53. The topological polar surface area (TPSA) is 24.1 Å². The van der Waals surface area contributed by atoms with Crippen molar-refractivity contribution >= 4 is 0 Å². The van der Waals surface area contributed by atoms with E-state index >= 15 is 0 Å². The summed E-state index contributed by atoms with van der Waals surface area (Å²) in [5.41, 5.74) is 1.17. The lowest BCUT2D eigenvalue weighted by Crippen LogP contribution is -2.18. The van der Waals surface area contributed by atoms with Gasteiger partial charge in [0.25, 0.3) is 0 Å². The first-order valence-corrected chi connectivity index (χ1v) is 3.27. The summed E-state index contributed by atoms with van der Waals surface area (Å²) in [6, 6.07) is 0. The van der Waals surface area contributed by atoms with Crippen LogP contribution in [0.15, 0.2) is 24.0 Å². The number of hydrogen-bond donors (Lipinski definition) is 2. The van der Waals surface area contributed by atoms with Crippen LogP contribution in [0.3, 0.4) is 0 Å². The average Bonchev–Trinajstić information content (AvgIpc) is 1.91. The zero-order valence-corrected chi connectivity index (χ0v) is 5.65. The Morgan fingerprint density at radius 3 is 3.22 bits per heavy atom. The minimum Gasteiger partial charge on any atom is -0.386 e. The molecule has 0 fully saturated rings. The van der Waals surface area contributed by atoms with Crippen molar-refractivity contribution in [3.05, 3.63) is 24.0 Å². The molecule has 0 atom stereocenters. The Morgan fingerprint density at radius 2 is 2.67 bits per heavy atom. The Hall–Kier alpha value is -0.920. The minimum atomic E-state index is 0.953. The molecule has 0 amide bonds. The van der Waals surface area contributed by atoms with Crippen molar-refractivity contribution in [1.82, 2.24) is 10.6 Å². The molecule has 0 aromatic carbocycles. The standard InChI is InChI=1S/C7H12N2/c1-2-9-7-4-3-5-8-6-7/h3-4,6,8-9H,2,5H2,1H3. The quantitative estimate of drug-likeness (QED) is 0.563. The predicted molar refractivity (Wildman–Crippen MR) is 38.9 cm³/mol. The maximum absolute atomic E-state index is 3.20. The van der Waals surface area contributed by atoms with Crippen molar-refractivity contribution in [1.29, 1.82) is 0 Å². The Bertz CT molecular complexity index is 136. The predicted octanol–water partition coefficient (Wildman–Crippen LogP) is 0.597. The van der Waals surface area contributed by atoms with Crippen LogP contribution in [-0.4, -0.2) is 13.1 Å². The maximum Gasteiger partial charge on any atom is 0.0497 e. The fourth-order valence-corrected chi connectivity index (χ4v) is 0.785. The molecule has 0 spiro atoms. The molecule has 2 heteroatoms. The highest BCUT2D eigenvalue weighted by atomic mass is 14.9. The van der Waals surface area contributed by atoms with Gasteiger partial charge in [-0.25, -0.2) is 0 Å². The number of dihydropyridines is 1. The summed E-state index contributed by atoms with van der Waals surface area (Å²) in [7, 11) is 0. The van der Waals surface area contributed by atoms with Crippen molar-refractivity contribution in [3.8, 4) is 0 Å². The van der Waals surface area contributed by atoms with Crippen LogP contribution >= 0.6 is 0 Å². The molecule has 1 aliphatic rings. The van der Waals surface area contributed by atoms with Crippen molar-refractivity contribution in [2.45, 2.75) is 6.92 Å². The van der Waals surface area contributed by atoms with Gasteiger partial charge in [-0.05, 0) is 13.0 Å². The van der Waals surface area contributed by atoms with Crippen LogP contribution in [0.5, 0.6) is 0 Å². The fourth-order valence-electron chi connectivity index (χ4n) is 0.785. The number of hydrogen-bond acceptors (Lipinski definition) is 2. The van der Waals surface area contributed by atoms with Crippen molar-refractivity contribution in [2.75, 3.05) is 13.1 Å². The molecule has 0 aromatic rings. The van der Waals surface area contributed by atoms with Crippen LogP contribution in [0, 0.1) is 0 Å². The molecule has 50 valence electrons. The maximum atomic E-state index is 3.20. The lowest BCUT2D eigenvalue weighted by atomic mass is 10.3. The van der Waals surface area contributed by atoms with E-state index in [2.05, 4.69) is 29.7 Å². The van der Waals surface area contributed by atoms with E-state index in [1.165, 1.54) is 5.70 Å². The summed E-state index contributed by atoms with van der Waals surface area (Å²) in [6.07, 6.45) is 6.17. The van der Waals surface area contributed by atoms with E-state index in [0.717, 1.165) is 13.1 Å². The van der Waals surface area contributed by atoms with Crippen LogP contribution in [0.4, 0.5) is 0 Å². The number of nitrogens with one attached hydrogen (secondary N) is 2. The third kappa shape index (κ3) is 1.80. The number of rotatable bonds is 2. The molecule has 1 aliphatic heterocycles. The lowest BCUT2D eigenvalue weighted by Gasteiger charge is -2.08. The third-order valence-electron chi connectivity index (χ3n) is 1.17. The van der Waals surface area contributed by atoms with E-state index in [4.69, 9.17) is 0 Å². The lowest BCUT2D eigenvalue weighted by molar-refractivity contribution is 0.835. The molecule has 0 bridgehead atoms. The zero-order valence-electron chi connectivity index (χ0n) is 5.65. The largest absolute Gasteiger partial charge is 0.386 e. The second-order valence-corrected chi connectivity index (χ2v) is 1.94. The van der Waals surface area contributed by atoms with Gasteiger partial charge in [0.15, 0.2) is 0 Å². The third-order valence-corrected chi connectivity index (χ3v) is 1.17. The Morgan fingerprint density at radius 1 is 1.78 bits per heavy atom. The van der Waals surface area contributed by atoms with Crippen LogP contribution < -0.4 is 10.6 Å². The molecule has 0 aliphatic carbocycles. The molecule has 0 saturated carbocycles. The molecule has 0 unspecified atom stereocenters. The molecule has 2 nitrogen and oxygen atoms in total. The van der Waals surface area contributed by atoms with Gasteiger partial charge in [-0.3, -0.25) is 0 Å². The molecule has 1 rings (SSSR count). The second kappa shape index (κ2) is 3.17. The summed E-state index contributed by atoms with van der Waals surface area (Å²) < 4.78 is 0. The van der Waals surface area contributed by atoms with Crippen LogP contribution in [-0.2, 0) is 0 Å². The SMILES string of the molecule is CCNC1=CNCC=C1. The molecule has 0 aromatic heterocycles. The normalized spacial score (nSPS) is 16.3. The summed E-state index contributed by atoms with van der Waals surface area (Å²) in [5, 5.41) is 6.30. The molecular formula is C7H12N2. The first kappa shape index (κ1) is 6.20. The number of allylic oxidation sites excluding steroid dienone is 1. The van der Waals surface area contributed by atoms with Gasteiger partial charge in [0.05, 0.1) is 0 Å². The Labute approximate surface area is 55.6 Å². The summed E-state index contributed by atoms with van der Waals surface area (Å²) in [5.74, 6) is 0.